The van der Waals surface area contributed by atoms with Gasteiger partial charge >= 0.3 is 0 Å². The highest BCUT2D eigenvalue weighted by atomic mass is 16.5. The number of hydrogen-bond donors (Lipinski definition) is 2. The van der Waals surface area contributed by atoms with E-state index in [4.69, 9.17) is 4.52 Å². The predicted molar refractivity (Wildman–Crippen MR) is 71.9 cm³/mol. The molecule has 0 saturated carbocycles. The van der Waals surface area contributed by atoms with Crippen LogP contribution < -0.4 is 10.6 Å². The van der Waals surface area contributed by atoms with Crippen molar-refractivity contribution in [3.8, 4) is 0 Å². The Morgan fingerprint density at radius 2 is 2.30 bits per heavy atom. The zero-order valence-corrected chi connectivity index (χ0v) is 10.9. The van der Waals surface area contributed by atoms with Crippen LogP contribution in [-0.2, 0) is 16.0 Å². The lowest BCUT2D eigenvalue weighted by Gasteiger charge is -2.23. The molecule has 6 nitrogen and oxygen atoms in total. The van der Waals surface area contributed by atoms with Gasteiger partial charge in [-0.25, -0.2) is 0 Å². The number of para-hydroxylation sites is 1. The molecule has 2 heterocycles. The van der Waals surface area contributed by atoms with Gasteiger partial charge in [0.1, 0.15) is 5.69 Å². The lowest BCUT2D eigenvalue weighted by molar-refractivity contribution is -0.125. The lowest BCUT2D eigenvalue weighted by Crippen LogP contribution is -2.48. The zero-order valence-electron chi connectivity index (χ0n) is 10.9. The summed E-state index contributed by atoms with van der Waals surface area (Å²) in [6.45, 7) is 0.490. The fourth-order valence-electron chi connectivity index (χ4n) is 2.35. The van der Waals surface area contributed by atoms with Crippen molar-refractivity contribution in [2.45, 2.75) is 25.3 Å². The Hall–Kier alpha value is -2.37. The number of amides is 2. The fourth-order valence-corrected chi connectivity index (χ4v) is 2.35. The highest BCUT2D eigenvalue weighted by Crippen LogP contribution is 2.18. The SMILES string of the molecule is O=C1CCC(NC(=O)Cc2noc3ccccc23)CN1. The second kappa shape index (κ2) is 5.32. The maximum Gasteiger partial charge on any atom is 0.226 e. The van der Waals surface area contributed by atoms with Gasteiger partial charge in [0.2, 0.25) is 11.8 Å². The minimum absolute atomic E-state index is 0.00151. The summed E-state index contributed by atoms with van der Waals surface area (Å²) in [7, 11) is 0. The Labute approximate surface area is 115 Å². The Balaban J connectivity index is 1.63. The third kappa shape index (κ3) is 2.64. The van der Waals surface area contributed by atoms with Gasteiger partial charge in [0, 0.05) is 24.4 Å². The Morgan fingerprint density at radius 3 is 3.10 bits per heavy atom. The molecule has 1 aliphatic heterocycles. The molecule has 1 saturated heterocycles. The maximum atomic E-state index is 12.0. The van der Waals surface area contributed by atoms with Gasteiger partial charge in [-0.05, 0) is 18.6 Å². The topological polar surface area (TPSA) is 84.2 Å². The summed E-state index contributed by atoms with van der Waals surface area (Å²) in [5, 5.41) is 10.4. The zero-order chi connectivity index (χ0) is 13.9. The molecule has 1 aromatic heterocycles. The Kier molecular flexibility index (Phi) is 3.37. The molecular formula is C14H15N3O3. The third-order valence-corrected chi connectivity index (χ3v) is 3.41. The molecule has 2 aromatic rings. The van der Waals surface area contributed by atoms with E-state index in [2.05, 4.69) is 15.8 Å². The number of rotatable bonds is 3. The van der Waals surface area contributed by atoms with E-state index in [1.165, 1.54) is 0 Å². The number of nitrogens with zero attached hydrogens (tertiary/aromatic N) is 1. The van der Waals surface area contributed by atoms with Gasteiger partial charge in [-0.15, -0.1) is 0 Å². The largest absolute Gasteiger partial charge is 0.356 e. The van der Waals surface area contributed by atoms with E-state index in [9.17, 15) is 9.59 Å². The quantitative estimate of drug-likeness (QED) is 0.865. The van der Waals surface area contributed by atoms with Gasteiger partial charge in [0.15, 0.2) is 5.58 Å². The van der Waals surface area contributed by atoms with Crippen LogP contribution in [0.15, 0.2) is 28.8 Å². The number of aromatic nitrogens is 1. The molecule has 0 radical (unpaired) electrons. The molecule has 1 unspecified atom stereocenters. The number of benzene rings is 1. The maximum absolute atomic E-state index is 12.0. The van der Waals surface area contributed by atoms with Crippen LogP contribution in [0.4, 0.5) is 0 Å². The van der Waals surface area contributed by atoms with Crippen molar-refractivity contribution in [1.82, 2.24) is 15.8 Å². The van der Waals surface area contributed by atoms with Crippen LogP contribution in [0.3, 0.4) is 0 Å². The first-order chi connectivity index (χ1) is 9.72. The molecule has 1 aliphatic rings. The molecule has 104 valence electrons. The molecule has 0 aliphatic carbocycles. The van der Waals surface area contributed by atoms with Crippen molar-refractivity contribution >= 4 is 22.8 Å². The molecule has 6 heteroatoms. The molecular weight excluding hydrogens is 258 g/mol. The smallest absolute Gasteiger partial charge is 0.226 e. The van der Waals surface area contributed by atoms with E-state index in [0.29, 0.717) is 30.7 Å². The van der Waals surface area contributed by atoms with E-state index >= 15 is 0 Å². The standard InChI is InChI=1S/C14H15N3O3/c18-13-6-5-9(8-15-13)16-14(19)7-11-10-3-1-2-4-12(10)20-17-11/h1-4,9H,5-8H2,(H,15,18)(H,16,19). The number of carbonyl (C=O) groups excluding carboxylic acids is 2. The molecule has 1 fully saturated rings. The van der Waals surface area contributed by atoms with Gasteiger partial charge in [-0.2, -0.15) is 0 Å². The number of fused-ring (bicyclic) bond motifs is 1. The van der Waals surface area contributed by atoms with Gasteiger partial charge in [0.25, 0.3) is 0 Å². The lowest BCUT2D eigenvalue weighted by atomic mass is 10.1. The van der Waals surface area contributed by atoms with Gasteiger partial charge < -0.3 is 15.2 Å². The Bertz CT molecular complexity index is 640. The minimum Gasteiger partial charge on any atom is -0.356 e. The molecule has 0 bridgehead atoms. The van der Waals surface area contributed by atoms with Crippen molar-refractivity contribution in [3.05, 3.63) is 30.0 Å². The van der Waals surface area contributed by atoms with Crippen molar-refractivity contribution in [3.63, 3.8) is 0 Å². The molecule has 2 amide bonds. The number of nitrogens with one attached hydrogen (secondary N) is 2. The Morgan fingerprint density at radius 1 is 1.45 bits per heavy atom. The van der Waals surface area contributed by atoms with Crippen molar-refractivity contribution in [1.29, 1.82) is 0 Å². The van der Waals surface area contributed by atoms with Gasteiger partial charge in [-0.3, -0.25) is 9.59 Å². The predicted octanol–water partition coefficient (Wildman–Crippen LogP) is 0.765. The molecule has 3 rings (SSSR count). The van der Waals surface area contributed by atoms with Crippen molar-refractivity contribution < 1.29 is 14.1 Å². The summed E-state index contributed by atoms with van der Waals surface area (Å²) in [5.41, 5.74) is 1.32. The van der Waals surface area contributed by atoms with Crippen molar-refractivity contribution in [2.24, 2.45) is 0 Å². The normalized spacial score (nSPS) is 18.8. The molecule has 2 N–H and O–H groups in total. The highest BCUT2D eigenvalue weighted by Gasteiger charge is 2.20. The van der Waals surface area contributed by atoms with E-state index in [0.717, 1.165) is 5.39 Å². The van der Waals surface area contributed by atoms with Gasteiger partial charge in [0.05, 0.1) is 6.42 Å². The van der Waals surface area contributed by atoms with Crippen LogP contribution in [-0.4, -0.2) is 29.6 Å². The summed E-state index contributed by atoms with van der Waals surface area (Å²) in [4.78, 5) is 23.0. The van der Waals surface area contributed by atoms with Crippen LogP contribution >= 0.6 is 0 Å². The van der Waals surface area contributed by atoms with Crippen LogP contribution in [0.1, 0.15) is 18.5 Å². The van der Waals surface area contributed by atoms with E-state index in [-0.39, 0.29) is 24.3 Å². The van der Waals surface area contributed by atoms with Gasteiger partial charge in [-0.1, -0.05) is 17.3 Å². The summed E-state index contributed by atoms with van der Waals surface area (Å²) < 4.78 is 5.17. The molecule has 1 atom stereocenters. The summed E-state index contributed by atoms with van der Waals surface area (Å²) in [6, 6.07) is 7.45. The van der Waals surface area contributed by atoms with Crippen LogP contribution in [0.5, 0.6) is 0 Å². The number of piperidine rings is 1. The third-order valence-electron chi connectivity index (χ3n) is 3.41. The fraction of sp³-hybridized carbons (Fsp3) is 0.357. The highest BCUT2D eigenvalue weighted by molar-refractivity contribution is 5.86. The number of hydrogen-bond acceptors (Lipinski definition) is 4. The van der Waals surface area contributed by atoms with Crippen LogP contribution in [0.25, 0.3) is 11.0 Å². The first kappa shape index (κ1) is 12.7. The first-order valence-corrected chi connectivity index (χ1v) is 6.62. The summed E-state index contributed by atoms with van der Waals surface area (Å²) in [6.07, 6.45) is 1.32. The average molecular weight is 273 g/mol. The van der Waals surface area contributed by atoms with Crippen molar-refractivity contribution in [2.75, 3.05) is 6.54 Å². The second-order valence-corrected chi connectivity index (χ2v) is 4.91. The van der Waals surface area contributed by atoms with E-state index in [1.807, 2.05) is 24.3 Å². The summed E-state index contributed by atoms with van der Waals surface area (Å²) in [5.74, 6) is -0.0665. The van der Waals surface area contributed by atoms with Crippen LogP contribution in [0.2, 0.25) is 0 Å². The molecule has 0 spiro atoms. The molecule has 20 heavy (non-hydrogen) atoms. The first-order valence-electron chi connectivity index (χ1n) is 6.62. The van der Waals surface area contributed by atoms with E-state index in [1.54, 1.807) is 0 Å². The molecule has 1 aromatic carbocycles. The van der Waals surface area contributed by atoms with E-state index < -0.39 is 0 Å². The summed E-state index contributed by atoms with van der Waals surface area (Å²) >= 11 is 0. The second-order valence-electron chi connectivity index (χ2n) is 4.91. The average Bonchev–Trinajstić information content (AvgIpc) is 2.85. The van der Waals surface area contributed by atoms with Crippen LogP contribution in [0, 0.1) is 0 Å². The number of carbonyl (C=O) groups is 2. The monoisotopic (exact) mass is 273 g/mol. The minimum atomic E-state index is -0.106.